The molecule has 3 aromatic heterocycles. The Balaban J connectivity index is 1.49. The van der Waals surface area contributed by atoms with Gasteiger partial charge in [-0.25, -0.2) is 9.37 Å². The van der Waals surface area contributed by atoms with E-state index >= 15 is 0 Å². The largest absolute Gasteiger partial charge is 0.341 e. The number of nitrogens with zero attached hydrogens (tertiary/aromatic N) is 3. The number of aryl methyl sites for hydroxylation is 2. The third-order valence-corrected chi connectivity index (χ3v) is 5.71. The second-order valence-electron chi connectivity index (χ2n) is 7.62. The summed E-state index contributed by atoms with van der Waals surface area (Å²) in [7, 11) is 1.82. The lowest BCUT2D eigenvalue weighted by Gasteiger charge is -2.18. The molecule has 1 saturated carbocycles. The van der Waals surface area contributed by atoms with Gasteiger partial charge in [0.25, 0.3) is 5.91 Å². The number of rotatable bonds is 4. The van der Waals surface area contributed by atoms with Gasteiger partial charge in [-0.3, -0.25) is 9.89 Å². The average molecular weight is 389 g/mol. The van der Waals surface area contributed by atoms with Gasteiger partial charge in [0.1, 0.15) is 17.2 Å². The Kier molecular flexibility index (Phi) is 3.81. The number of benzene rings is 1. The molecular weight excluding hydrogens is 369 g/mol. The molecular formula is C22H20FN5O. The van der Waals surface area contributed by atoms with Crippen molar-refractivity contribution in [1.82, 2.24) is 25.1 Å². The quantitative estimate of drug-likeness (QED) is 0.557. The maximum Gasteiger partial charge on any atom is 0.268 e. The number of aromatic amines is 1. The van der Waals surface area contributed by atoms with E-state index < -0.39 is 5.54 Å². The van der Waals surface area contributed by atoms with Gasteiger partial charge < -0.3 is 9.88 Å². The average Bonchev–Trinajstić information content (AvgIpc) is 3.23. The Morgan fingerprint density at radius 1 is 1.24 bits per heavy atom. The molecule has 1 amide bonds. The van der Waals surface area contributed by atoms with Gasteiger partial charge in [0.2, 0.25) is 0 Å². The van der Waals surface area contributed by atoms with Crippen LogP contribution in [-0.2, 0) is 12.6 Å². The highest BCUT2D eigenvalue weighted by molar-refractivity contribution is 5.99. The zero-order chi connectivity index (χ0) is 20.2. The highest BCUT2D eigenvalue weighted by Gasteiger charge is 2.47. The molecule has 5 rings (SSSR count). The van der Waals surface area contributed by atoms with Crippen molar-refractivity contribution in [1.29, 1.82) is 0 Å². The van der Waals surface area contributed by atoms with Crippen LogP contribution in [0.3, 0.4) is 0 Å². The molecule has 4 aromatic rings. The first-order valence-corrected chi connectivity index (χ1v) is 9.53. The van der Waals surface area contributed by atoms with Crippen molar-refractivity contribution in [3.8, 4) is 11.3 Å². The third-order valence-electron chi connectivity index (χ3n) is 5.71. The number of aromatic nitrogens is 4. The van der Waals surface area contributed by atoms with Crippen LogP contribution in [0.2, 0.25) is 0 Å². The molecule has 0 saturated heterocycles. The summed E-state index contributed by atoms with van der Waals surface area (Å²) in [6.45, 7) is 1.94. The van der Waals surface area contributed by atoms with Crippen LogP contribution in [0.1, 0.15) is 34.6 Å². The standard InChI is InChI=1S/C22H20FN5O/c1-13-15(12-24-27-13)18-8-7-14-11-19(28(2)20(14)25-18)21(29)26-22(9-10-22)16-5-3-4-6-17(16)23/h3-8,11-12H,9-10H2,1-2H3,(H,24,27)(H,26,29). The Morgan fingerprint density at radius 2 is 2.03 bits per heavy atom. The summed E-state index contributed by atoms with van der Waals surface area (Å²) in [5.41, 5.74) is 3.79. The topological polar surface area (TPSA) is 75.6 Å². The number of pyridine rings is 1. The van der Waals surface area contributed by atoms with Crippen molar-refractivity contribution in [2.45, 2.75) is 25.3 Å². The summed E-state index contributed by atoms with van der Waals surface area (Å²) >= 11 is 0. The van der Waals surface area contributed by atoms with Crippen LogP contribution in [0, 0.1) is 12.7 Å². The summed E-state index contributed by atoms with van der Waals surface area (Å²) in [6, 6.07) is 12.3. The first kappa shape index (κ1) is 17.6. The van der Waals surface area contributed by atoms with E-state index in [4.69, 9.17) is 4.98 Å². The highest BCUT2D eigenvalue weighted by Crippen LogP contribution is 2.46. The van der Waals surface area contributed by atoms with E-state index in [0.717, 1.165) is 35.2 Å². The van der Waals surface area contributed by atoms with E-state index in [1.165, 1.54) is 6.07 Å². The number of hydrogen-bond acceptors (Lipinski definition) is 3. The van der Waals surface area contributed by atoms with Crippen LogP contribution in [-0.4, -0.2) is 25.7 Å². The molecule has 0 spiro atoms. The molecule has 0 bridgehead atoms. The van der Waals surface area contributed by atoms with Crippen molar-refractivity contribution in [2.75, 3.05) is 0 Å². The van der Waals surface area contributed by atoms with Crippen molar-refractivity contribution < 1.29 is 9.18 Å². The maximum atomic E-state index is 14.3. The van der Waals surface area contributed by atoms with Crippen molar-refractivity contribution in [3.63, 3.8) is 0 Å². The number of hydrogen-bond donors (Lipinski definition) is 2. The maximum absolute atomic E-state index is 14.3. The number of carbonyl (C=O) groups is 1. The van der Waals surface area contributed by atoms with Crippen LogP contribution in [0.25, 0.3) is 22.3 Å². The van der Waals surface area contributed by atoms with Gasteiger partial charge in [-0.05, 0) is 44.0 Å². The fraction of sp³-hybridized carbons (Fsp3) is 0.227. The van der Waals surface area contributed by atoms with Crippen LogP contribution in [0.15, 0.2) is 48.7 Å². The van der Waals surface area contributed by atoms with E-state index in [1.807, 2.05) is 32.2 Å². The molecule has 0 radical (unpaired) electrons. The summed E-state index contributed by atoms with van der Waals surface area (Å²) in [5, 5.41) is 10.9. The summed E-state index contributed by atoms with van der Waals surface area (Å²) < 4.78 is 16.0. The lowest BCUT2D eigenvalue weighted by molar-refractivity contribution is 0.0922. The molecule has 1 aliphatic rings. The smallest absolute Gasteiger partial charge is 0.268 e. The molecule has 0 aliphatic heterocycles. The summed E-state index contributed by atoms with van der Waals surface area (Å²) in [4.78, 5) is 17.8. The molecule has 29 heavy (non-hydrogen) atoms. The van der Waals surface area contributed by atoms with Crippen molar-refractivity contribution in [3.05, 3.63) is 71.4 Å². The fourth-order valence-electron chi connectivity index (χ4n) is 3.89. The van der Waals surface area contributed by atoms with E-state index in [0.29, 0.717) is 16.9 Å². The van der Waals surface area contributed by atoms with E-state index in [1.54, 1.807) is 29.0 Å². The normalized spacial score (nSPS) is 14.9. The van der Waals surface area contributed by atoms with Gasteiger partial charge in [0.15, 0.2) is 0 Å². The van der Waals surface area contributed by atoms with Gasteiger partial charge >= 0.3 is 0 Å². The van der Waals surface area contributed by atoms with E-state index in [2.05, 4.69) is 15.5 Å². The van der Waals surface area contributed by atoms with Crippen LogP contribution >= 0.6 is 0 Å². The number of nitrogens with one attached hydrogen (secondary N) is 2. The zero-order valence-electron chi connectivity index (χ0n) is 16.2. The van der Waals surface area contributed by atoms with E-state index in [9.17, 15) is 9.18 Å². The van der Waals surface area contributed by atoms with Crippen LogP contribution in [0.4, 0.5) is 4.39 Å². The lowest BCUT2D eigenvalue weighted by Crippen LogP contribution is -2.36. The minimum atomic E-state index is -0.620. The van der Waals surface area contributed by atoms with Gasteiger partial charge in [-0.15, -0.1) is 0 Å². The van der Waals surface area contributed by atoms with Crippen LogP contribution in [0.5, 0.6) is 0 Å². The van der Waals surface area contributed by atoms with Gasteiger partial charge in [-0.2, -0.15) is 5.10 Å². The Labute approximate surface area is 166 Å². The number of halogens is 1. The first-order valence-electron chi connectivity index (χ1n) is 9.53. The predicted octanol–water partition coefficient (Wildman–Crippen LogP) is 3.83. The minimum absolute atomic E-state index is 0.229. The molecule has 1 aromatic carbocycles. The molecule has 0 unspecified atom stereocenters. The number of fused-ring (bicyclic) bond motifs is 1. The summed E-state index contributed by atoms with van der Waals surface area (Å²) in [5.74, 6) is -0.517. The Hall–Kier alpha value is -3.48. The Bertz CT molecular complexity index is 1250. The molecule has 7 heteroatoms. The SMILES string of the molecule is Cc1[nH]ncc1-c1ccc2cc(C(=O)NC3(c4ccccc4F)CC3)n(C)c2n1. The van der Waals surface area contributed by atoms with Gasteiger partial charge in [0, 0.05) is 29.3 Å². The molecule has 3 heterocycles. The Morgan fingerprint density at radius 3 is 2.72 bits per heavy atom. The number of amides is 1. The number of H-pyrrole nitrogens is 1. The molecule has 2 N–H and O–H groups in total. The monoisotopic (exact) mass is 389 g/mol. The van der Waals surface area contributed by atoms with Crippen molar-refractivity contribution >= 4 is 16.9 Å². The molecule has 146 valence electrons. The molecule has 0 atom stereocenters. The molecule has 6 nitrogen and oxygen atoms in total. The molecule has 1 fully saturated rings. The van der Waals surface area contributed by atoms with Gasteiger partial charge in [-0.1, -0.05) is 18.2 Å². The second kappa shape index (κ2) is 6.27. The lowest BCUT2D eigenvalue weighted by atomic mass is 10.0. The highest BCUT2D eigenvalue weighted by atomic mass is 19.1. The first-order chi connectivity index (χ1) is 14.0. The number of carbonyl (C=O) groups excluding carboxylic acids is 1. The summed E-state index contributed by atoms with van der Waals surface area (Å²) in [6.07, 6.45) is 3.20. The fourth-order valence-corrected chi connectivity index (χ4v) is 3.89. The van der Waals surface area contributed by atoms with E-state index in [-0.39, 0.29) is 11.7 Å². The van der Waals surface area contributed by atoms with Gasteiger partial charge in [0.05, 0.1) is 17.4 Å². The minimum Gasteiger partial charge on any atom is -0.341 e. The van der Waals surface area contributed by atoms with Crippen molar-refractivity contribution in [2.24, 2.45) is 7.05 Å². The third kappa shape index (κ3) is 2.81. The van der Waals surface area contributed by atoms with Crippen LogP contribution < -0.4 is 5.32 Å². The zero-order valence-corrected chi connectivity index (χ0v) is 16.2. The predicted molar refractivity (Wildman–Crippen MR) is 108 cm³/mol. The second-order valence-corrected chi connectivity index (χ2v) is 7.62. The molecule has 1 aliphatic carbocycles.